The lowest BCUT2D eigenvalue weighted by Crippen LogP contribution is -2.07. The zero-order valence-corrected chi connectivity index (χ0v) is 20.2. The molecule has 0 amide bonds. The lowest BCUT2D eigenvalue weighted by atomic mass is 9.90. The average molecular weight is 473 g/mol. The second-order valence-electron chi connectivity index (χ2n) is 7.61. The predicted octanol–water partition coefficient (Wildman–Crippen LogP) is 6.29. The Morgan fingerprint density at radius 2 is 1.29 bits per heavy atom. The quantitative estimate of drug-likeness (QED) is 0.357. The Morgan fingerprint density at radius 1 is 0.647 bits per heavy atom. The smallest absolute Gasteiger partial charge is 0.161 e. The summed E-state index contributed by atoms with van der Waals surface area (Å²) in [5.41, 5.74) is 10.2. The molecule has 34 heavy (non-hydrogen) atoms. The highest BCUT2D eigenvalue weighted by Crippen LogP contribution is 2.49. The van der Waals surface area contributed by atoms with Gasteiger partial charge >= 0.3 is 0 Å². The standard InChI is InChI=1S/C27H24N2O4S/c1-30-21-11-10-17(12-22(21)31-2)20-15-34-27-25(20)18-13-23(32-3)24(33-4)14-19(18)26(28-29-27)16-8-6-5-7-9-16/h5-15,29H,1-4H3. The first-order valence-electron chi connectivity index (χ1n) is 10.7. The molecule has 5 rings (SSSR count). The Balaban J connectivity index is 1.77. The second kappa shape index (κ2) is 9.11. The van der Waals surface area contributed by atoms with Crippen LogP contribution in [0.3, 0.4) is 0 Å². The van der Waals surface area contributed by atoms with Gasteiger partial charge in [-0.15, -0.1) is 11.3 Å². The van der Waals surface area contributed by atoms with Crippen molar-refractivity contribution in [2.24, 2.45) is 5.10 Å². The molecule has 172 valence electrons. The van der Waals surface area contributed by atoms with E-state index in [9.17, 15) is 0 Å². The summed E-state index contributed by atoms with van der Waals surface area (Å²) < 4.78 is 22.3. The molecule has 1 N–H and O–H groups in total. The van der Waals surface area contributed by atoms with E-state index >= 15 is 0 Å². The summed E-state index contributed by atoms with van der Waals surface area (Å²) in [5.74, 6) is 2.67. The second-order valence-corrected chi connectivity index (χ2v) is 8.49. The first kappa shape index (κ1) is 21.9. The van der Waals surface area contributed by atoms with Crippen LogP contribution in [0, 0.1) is 0 Å². The number of nitrogens with one attached hydrogen (secondary N) is 1. The number of hydrogen-bond acceptors (Lipinski definition) is 7. The Bertz CT molecular complexity index is 1380. The zero-order valence-electron chi connectivity index (χ0n) is 19.3. The molecule has 0 fully saturated rings. The van der Waals surface area contributed by atoms with Gasteiger partial charge in [0.1, 0.15) is 5.00 Å². The number of fused-ring (bicyclic) bond motifs is 3. The number of hydrogen-bond donors (Lipinski definition) is 1. The van der Waals surface area contributed by atoms with E-state index in [1.54, 1.807) is 39.8 Å². The molecule has 0 aliphatic carbocycles. The molecular weight excluding hydrogens is 448 g/mol. The third-order valence-electron chi connectivity index (χ3n) is 5.85. The molecular formula is C27H24N2O4S. The number of nitrogens with zero attached hydrogens (tertiary/aromatic N) is 1. The summed E-state index contributed by atoms with van der Waals surface area (Å²) in [4.78, 5) is 0. The van der Waals surface area contributed by atoms with E-state index in [0.717, 1.165) is 44.1 Å². The molecule has 3 aromatic carbocycles. The van der Waals surface area contributed by atoms with Gasteiger partial charge in [0.2, 0.25) is 0 Å². The first-order chi connectivity index (χ1) is 16.7. The van der Waals surface area contributed by atoms with Crippen molar-refractivity contribution in [1.82, 2.24) is 0 Å². The molecule has 0 bridgehead atoms. The molecule has 0 unspecified atom stereocenters. The van der Waals surface area contributed by atoms with Crippen molar-refractivity contribution >= 4 is 22.0 Å². The van der Waals surface area contributed by atoms with Gasteiger partial charge in [0.25, 0.3) is 0 Å². The van der Waals surface area contributed by atoms with Crippen LogP contribution in [0.1, 0.15) is 11.1 Å². The van der Waals surface area contributed by atoms with E-state index in [1.807, 2.05) is 48.5 Å². The Kier molecular flexibility index (Phi) is 5.86. The topological polar surface area (TPSA) is 61.3 Å². The van der Waals surface area contributed by atoms with Gasteiger partial charge in [-0.05, 0) is 35.4 Å². The van der Waals surface area contributed by atoms with Gasteiger partial charge < -0.3 is 18.9 Å². The number of thiophene rings is 1. The molecule has 0 radical (unpaired) electrons. The third kappa shape index (κ3) is 3.64. The van der Waals surface area contributed by atoms with Crippen LogP contribution in [0.25, 0.3) is 22.3 Å². The minimum Gasteiger partial charge on any atom is -0.493 e. The van der Waals surface area contributed by atoms with Crippen molar-refractivity contribution < 1.29 is 18.9 Å². The zero-order chi connectivity index (χ0) is 23.7. The van der Waals surface area contributed by atoms with Gasteiger partial charge in [0.15, 0.2) is 23.0 Å². The molecule has 4 aromatic rings. The lowest BCUT2D eigenvalue weighted by molar-refractivity contribution is 0.355. The Hall–Kier alpha value is -3.97. The summed E-state index contributed by atoms with van der Waals surface area (Å²) in [6.07, 6.45) is 0. The molecule has 0 atom stereocenters. The number of rotatable bonds is 6. The minimum absolute atomic E-state index is 0.649. The normalized spacial score (nSPS) is 11.9. The number of benzene rings is 3. The molecule has 1 aliphatic heterocycles. The van der Waals surface area contributed by atoms with Crippen LogP contribution >= 0.6 is 11.3 Å². The van der Waals surface area contributed by atoms with E-state index in [0.29, 0.717) is 23.0 Å². The largest absolute Gasteiger partial charge is 0.493 e. The molecule has 0 saturated carbocycles. The number of anilines is 1. The summed E-state index contributed by atoms with van der Waals surface area (Å²) >= 11 is 1.61. The molecule has 2 heterocycles. The highest BCUT2D eigenvalue weighted by Gasteiger charge is 2.26. The monoisotopic (exact) mass is 472 g/mol. The van der Waals surface area contributed by atoms with Gasteiger partial charge in [-0.3, -0.25) is 5.43 Å². The first-order valence-corrected chi connectivity index (χ1v) is 11.6. The van der Waals surface area contributed by atoms with Crippen LogP contribution in [0.4, 0.5) is 5.00 Å². The van der Waals surface area contributed by atoms with Gasteiger partial charge in [-0.2, -0.15) is 5.10 Å². The number of ether oxygens (including phenoxy) is 4. The summed E-state index contributed by atoms with van der Waals surface area (Å²) in [6.45, 7) is 0. The fourth-order valence-corrected chi connectivity index (χ4v) is 5.11. The average Bonchev–Trinajstić information content (AvgIpc) is 3.25. The third-order valence-corrected chi connectivity index (χ3v) is 6.73. The van der Waals surface area contributed by atoms with Crippen molar-refractivity contribution in [3.05, 3.63) is 77.2 Å². The molecule has 6 nitrogen and oxygen atoms in total. The van der Waals surface area contributed by atoms with Crippen LogP contribution < -0.4 is 24.4 Å². The lowest BCUT2D eigenvalue weighted by Gasteiger charge is -2.16. The van der Waals surface area contributed by atoms with Crippen LogP contribution in [-0.4, -0.2) is 34.2 Å². The maximum Gasteiger partial charge on any atom is 0.161 e. The maximum atomic E-state index is 5.67. The summed E-state index contributed by atoms with van der Waals surface area (Å²) in [6, 6.07) is 20.1. The molecule has 1 aromatic heterocycles. The SMILES string of the molecule is COc1ccc(-c2csc3c2-c2cc(OC)c(OC)cc2C(c2ccccc2)=NN3)cc1OC. The molecule has 0 saturated heterocycles. The number of hydrazone groups is 1. The summed E-state index contributed by atoms with van der Waals surface area (Å²) in [5, 5.41) is 7.89. The van der Waals surface area contributed by atoms with Crippen LogP contribution in [-0.2, 0) is 0 Å². The van der Waals surface area contributed by atoms with Crippen molar-refractivity contribution in [3.8, 4) is 45.3 Å². The minimum atomic E-state index is 0.649. The highest BCUT2D eigenvalue weighted by atomic mass is 32.1. The highest BCUT2D eigenvalue weighted by molar-refractivity contribution is 7.15. The van der Waals surface area contributed by atoms with Gasteiger partial charge in [0.05, 0.1) is 34.2 Å². The fourth-order valence-electron chi connectivity index (χ4n) is 4.19. The molecule has 1 aliphatic rings. The van der Waals surface area contributed by atoms with Crippen LogP contribution in [0.5, 0.6) is 23.0 Å². The maximum absolute atomic E-state index is 5.67. The van der Waals surface area contributed by atoms with E-state index in [2.05, 4.69) is 22.9 Å². The molecule has 7 heteroatoms. The van der Waals surface area contributed by atoms with Gasteiger partial charge in [0, 0.05) is 27.6 Å². The van der Waals surface area contributed by atoms with E-state index < -0.39 is 0 Å². The van der Waals surface area contributed by atoms with Crippen molar-refractivity contribution in [2.45, 2.75) is 0 Å². The van der Waals surface area contributed by atoms with Gasteiger partial charge in [-0.25, -0.2) is 0 Å². The Morgan fingerprint density at radius 3 is 1.97 bits per heavy atom. The van der Waals surface area contributed by atoms with Crippen molar-refractivity contribution in [1.29, 1.82) is 0 Å². The fraction of sp³-hybridized carbons (Fsp3) is 0.148. The van der Waals surface area contributed by atoms with Crippen LogP contribution in [0.15, 0.2) is 71.1 Å². The predicted molar refractivity (Wildman–Crippen MR) is 137 cm³/mol. The summed E-state index contributed by atoms with van der Waals surface area (Å²) in [7, 11) is 6.57. The van der Waals surface area contributed by atoms with Crippen molar-refractivity contribution in [2.75, 3.05) is 33.9 Å². The van der Waals surface area contributed by atoms with E-state index in [4.69, 9.17) is 24.0 Å². The van der Waals surface area contributed by atoms with E-state index in [-0.39, 0.29) is 0 Å². The number of methoxy groups -OCH3 is 4. The molecule has 0 spiro atoms. The van der Waals surface area contributed by atoms with E-state index in [1.165, 1.54) is 0 Å². The Labute approximate surface area is 202 Å². The van der Waals surface area contributed by atoms with Crippen LogP contribution in [0.2, 0.25) is 0 Å². The van der Waals surface area contributed by atoms with Gasteiger partial charge in [-0.1, -0.05) is 36.4 Å². The van der Waals surface area contributed by atoms with Crippen molar-refractivity contribution in [3.63, 3.8) is 0 Å².